The molecule has 78 valence electrons. The second-order valence-electron chi connectivity index (χ2n) is 2.91. The lowest BCUT2D eigenvalue weighted by Gasteiger charge is -2.09. The van der Waals surface area contributed by atoms with E-state index >= 15 is 0 Å². The average molecular weight is 236 g/mol. The second-order valence-corrected chi connectivity index (χ2v) is 4.84. The molecule has 0 radical (unpaired) electrons. The molecule has 1 rings (SSSR count). The molecule has 0 aliphatic carbocycles. The zero-order valence-corrected chi connectivity index (χ0v) is 8.79. The number of halogens is 1. The lowest BCUT2D eigenvalue weighted by Crippen LogP contribution is -2.20. The smallest absolute Gasteiger partial charge is 0.266 e. The molecule has 1 aromatic rings. The van der Waals surface area contributed by atoms with Crippen LogP contribution >= 0.6 is 11.6 Å². The van der Waals surface area contributed by atoms with Crippen molar-refractivity contribution in [3.05, 3.63) is 34.9 Å². The Morgan fingerprint density at radius 3 is 2.29 bits per heavy atom. The number of benzene rings is 1. The normalized spacial score (nSPS) is 13.9. The quantitative estimate of drug-likeness (QED) is 0.773. The van der Waals surface area contributed by atoms with Crippen molar-refractivity contribution in [1.29, 1.82) is 0 Å². The van der Waals surface area contributed by atoms with Crippen LogP contribution in [-0.2, 0) is 10.1 Å². The van der Waals surface area contributed by atoms with Crippen molar-refractivity contribution in [2.45, 2.75) is 6.04 Å². The number of hydrogen-bond donors (Lipinski definition) is 2. The highest BCUT2D eigenvalue weighted by Gasteiger charge is 2.14. The van der Waals surface area contributed by atoms with Crippen LogP contribution < -0.4 is 5.73 Å². The summed E-state index contributed by atoms with van der Waals surface area (Å²) >= 11 is 5.64. The van der Waals surface area contributed by atoms with E-state index < -0.39 is 21.9 Å². The van der Waals surface area contributed by atoms with Crippen LogP contribution in [0.5, 0.6) is 0 Å². The summed E-state index contributed by atoms with van der Waals surface area (Å²) in [7, 11) is -4.04. The van der Waals surface area contributed by atoms with Crippen molar-refractivity contribution in [2.75, 3.05) is 5.75 Å². The Labute approximate surface area is 87.4 Å². The molecule has 6 heteroatoms. The predicted molar refractivity (Wildman–Crippen MR) is 54.8 cm³/mol. The summed E-state index contributed by atoms with van der Waals surface area (Å²) in [5.74, 6) is -0.491. The van der Waals surface area contributed by atoms with Crippen molar-refractivity contribution in [3.63, 3.8) is 0 Å². The van der Waals surface area contributed by atoms with Crippen molar-refractivity contribution in [1.82, 2.24) is 0 Å². The zero-order chi connectivity index (χ0) is 10.8. The van der Waals surface area contributed by atoms with Crippen LogP contribution in [0.1, 0.15) is 11.6 Å². The lowest BCUT2D eigenvalue weighted by molar-refractivity contribution is 0.478. The van der Waals surface area contributed by atoms with Crippen molar-refractivity contribution in [3.8, 4) is 0 Å². The number of rotatable bonds is 3. The van der Waals surface area contributed by atoms with E-state index in [4.69, 9.17) is 21.9 Å². The van der Waals surface area contributed by atoms with Gasteiger partial charge in [0.25, 0.3) is 10.1 Å². The van der Waals surface area contributed by atoms with Gasteiger partial charge in [0, 0.05) is 11.1 Å². The minimum absolute atomic E-state index is 0.491. The van der Waals surface area contributed by atoms with Gasteiger partial charge in [0.15, 0.2) is 0 Å². The topological polar surface area (TPSA) is 80.4 Å². The summed E-state index contributed by atoms with van der Waals surface area (Å²) < 4.78 is 29.6. The Morgan fingerprint density at radius 2 is 1.86 bits per heavy atom. The second kappa shape index (κ2) is 4.27. The molecular weight excluding hydrogens is 226 g/mol. The van der Waals surface area contributed by atoms with Gasteiger partial charge >= 0.3 is 0 Å². The van der Waals surface area contributed by atoms with Crippen LogP contribution in [0.15, 0.2) is 24.3 Å². The highest BCUT2D eigenvalue weighted by Crippen LogP contribution is 2.15. The molecule has 1 atom stereocenters. The number of hydrogen-bond acceptors (Lipinski definition) is 3. The molecule has 0 spiro atoms. The molecule has 0 amide bonds. The summed E-state index contributed by atoms with van der Waals surface area (Å²) in [4.78, 5) is 0. The highest BCUT2D eigenvalue weighted by molar-refractivity contribution is 7.85. The molecule has 0 saturated carbocycles. The molecule has 0 aliphatic rings. The maximum Gasteiger partial charge on any atom is 0.266 e. The average Bonchev–Trinajstić information content (AvgIpc) is 2.02. The van der Waals surface area contributed by atoms with Gasteiger partial charge in [-0.25, -0.2) is 0 Å². The third-order valence-electron chi connectivity index (χ3n) is 1.69. The third-order valence-corrected chi connectivity index (χ3v) is 2.72. The summed E-state index contributed by atoms with van der Waals surface area (Å²) in [5.41, 5.74) is 6.17. The van der Waals surface area contributed by atoms with E-state index in [1.54, 1.807) is 24.3 Å². The van der Waals surface area contributed by atoms with Gasteiger partial charge in [0.2, 0.25) is 0 Å². The summed E-state index contributed by atoms with van der Waals surface area (Å²) in [6, 6.07) is 5.74. The summed E-state index contributed by atoms with van der Waals surface area (Å²) in [6.45, 7) is 0. The molecule has 14 heavy (non-hydrogen) atoms. The third kappa shape index (κ3) is 3.63. The maximum absolute atomic E-state index is 10.5. The molecule has 0 heterocycles. The monoisotopic (exact) mass is 235 g/mol. The molecule has 0 bridgehead atoms. The van der Waals surface area contributed by atoms with Gasteiger partial charge in [-0.3, -0.25) is 4.55 Å². The highest BCUT2D eigenvalue weighted by atomic mass is 35.5. The zero-order valence-electron chi connectivity index (χ0n) is 7.22. The SMILES string of the molecule is N[C@@H](CS(=O)(=O)O)c1ccc(Cl)cc1. The van der Waals surface area contributed by atoms with Crippen LogP contribution in [0.25, 0.3) is 0 Å². The molecule has 0 saturated heterocycles. The fourth-order valence-electron chi connectivity index (χ4n) is 1.03. The van der Waals surface area contributed by atoms with Crippen molar-refractivity contribution in [2.24, 2.45) is 5.73 Å². The van der Waals surface area contributed by atoms with Gasteiger partial charge in [0.05, 0.1) is 5.75 Å². The standard InChI is InChI=1S/C8H10ClNO3S/c9-7-3-1-6(2-4-7)8(10)5-14(11,12)13/h1-4,8H,5,10H2,(H,11,12,13)/t8-/m0/s1. The Balaban J connectivity index is 2.80. The minimum Gasteiger partial charge on any atom is -0.323 e. The molecular formula is C8H10ClNO3S. The fraction of sp³-hybridized carbons (Fsp3) is 0.250. The molecule has 0 aromatic heterocycles. The Bertz CT molecular complexity index is 401. The molecule has 1 aromatic carbocycles. The van der Waals surface area contributed by atoms with Crippen LogP contribution in [0.3, 0.4) is 0 Å². The largest absolute Gasteiger partial charge is 0.323 e. The van der Waals surface area contributed by atoms with E-state index in [0.29, 0.717) is 10.6 Å². The summed E-state index contributed by atoms with van der Waals surface area (Å²) in [6.07, 6.45) is 0. The number of nitrogens with two attached hydrogens (primary N) is 1. The molecule has 3 N–H and O–H groups in total. The lowest BCUT2D eigenvalue weighted by atomic mass is 10.1. The predicted octanol–water partition coefficient (Wildman–Crippen LogP) is 1.23. The molecule has 0 aliphatic heterocycles. The van der Waals surface area contributed by atoms with Gasteiger partial charge in [-0.15, -0.1) is 0 Å². The van der Waals surface area contributed by atoms with Gasteiger partial charge < -0.3 is 5.73 Å². The van der Waals surface area contributed by atoms with E-state index in [2.05, 4.69) is 0 Å². The first-order valence-corrected chi connectivity index (χ1v) is 5.83. The van der Waals surface area contributed by atoms with Crippen molar-refractivity contribution < 1.29 is 13.0 Å². The molecule has 4 nitrogen and oxygen atoms in total. The van der Waals surface area contributed by atoms with Crippen LogP contribution in [0.2, 0.25) is 5.02 Å². The van der Waals surface area contributed by atoms with E-state index in [1.165, 1.54) is 0 Å². The van der Waals surface area contributed by atoms with Gasteiger partial charge in [-0.05, 0) is 17.7 Å². The van der Waals surface area contributed by atoms with Crippen LogP contribution in [0.4, 0.5) is 0 Å². The van der Waals surface area contributed by atoms with E-state index in [1.807, 2.05) is 0 Å². The first-order valence-electron chi connectivity index (χ1n) is 3.85. The van der Waals surface area contributed by atoms with Gasteiger partial charge in [-0.1, -0.05) is 23.7 Å². The Morgan fingerprint density at radius 1 is 1.36 bits per heavy atom. The van der Waals surface area contributed by atoms with Crippen LogP contribution in [-0.4, -0.2) is 18.7 Å². The van der Waals surface area contributed by atoms with E-state index in [9.17, 15) is 8.42 Å². The van der Waals surface area contributed by atoms with Gasteiger partial charge in [0.1, 0.15) is 0 Å². The maximum atomic E-state index is 10.5. The Hall–Kier alpha value is -0.620. The molecule has 0 unspecified atom stereocenters. The van der Waals surface area contributed by atoms with E-state index in [0.717, 1.165) is 0 Å². The molecule has 0 fully saturated rings. The first-order chi connectivity index (χ1) is 6.38. The minimum atomic E-state index is -4.04. The fourth-order valence-corrected chi connectivity index (χ4v) is 1.81. The first kappa shape index (κ1) is 11.5. The summed E-state index contributed by atoms with van der Waals surface area (Å²) in [5, 5.41) is 0.549. The van der Waals surface area contributed by atoms with Crippen LogP contribution in [0, 0.1) is 0 Å². The van der Waals surface area contributed by atoms with E-state index in [-0.39, 0.29) is 0 Å². The van der Waals surface area contributed by atoms with Gasteiger partial charge in [-0.2, -0.15) is 8.42 Å². The Kier molecular flexibility index (Phi) is 3.49. The van der Waals surface area contributed by atoms with Crippen molar-refractivity contribution >= 4 is 21.7 Å².